The molecule has 0 atom stereocenters. The van der Waals surface area contributed by atoms with Crippen LogP contribution in [0.3, 0.4) is 0 Å². The van der Waals surface area contributed by atoms with Crippen molar-refractivity contribution in [1.29, 1.82) is 0 Å². The highest BCUT2D eigenvalue weighted by atomic mass is 79.9. The zero-order valence-corrected chi connectivity index (χ0v) is 13.0. The summed E-state index contributed by atoms with van der Waals surface area (Å²) in [7, 11) is 1.70. The van der Waals surface area contributed by atoms with Gasteiger partial charge in [-0.1, -0.05) is 0 Å². The first kappa shape index (κ1) is 13.2. The van der Waals surface area contributed by atoms with E-state index in [-0.39, 0.29) is 0 Å². The first-order chi connectivity index (χ1) is 8.22. The van der Waals surface area contributed by atoms with Crippen molar-refractivity contribution in [3.8, 4) is 5.75 Å². The van der Waals surface area contributed by atoms with Gasteiger partial charge in [0.05, 0.1) is 17.3 Å². The van der Waals surface area contributed by atoms with Gasteiger partial charge < -0.3 is 15.0 Å². The summed E-state index contributed by atoms with van der Waals surface area (Å²) in [5.74, 6) is 0.875. The number of ether oxygens (including phenoxy) is 1. The summed E-state index contributed by atoms with van der Waals surface area (Å²) in [5, 5.41) is 3.41. The molecule has 1 N–H and O–H groups in total. The molecule has 1 saturated heterocycles. The maximum atomic E-state index is 5.35. The molecule has 1 heterocycles. The van der Waals surface area contributed by atoms with E-state index in [1.165, 1.54) is 12.1 Å². The summed E-state index contributed by atoms with van der Waals surface area (Å²) in [5.41, 5.74) is 1.20. The average molecular weight is 364 g/mol. The summed E-state index contributed by atoms with van der Waals surface area (Å²) in [6.45, 7) is 4.24. The average Bonchev–Trinajstić information content (AvgIpc) is 2.58. The molecular weight excluding hydrogens is 348 g/mol. The summed E-state index contributed by atoms with van der Waals surface area (Å²) in [6.07, 6.45) is 1.17. The van der Waals surface area contributed by atoms with Crippen LogP contribution in [0.4, 0.5) is 5.69 Å². The summed E-state index contributed by atoms with van der Waals surface area (Å²) in [6, 6.07) is 4.13. The van der Waals surface area contributed by atoms with Crippen molar-refractivity contribution in [2.75, 3.05) is 38.2 Å². The topological polar surface area (TPSA) is 24.5 Å². The molecule has 1 aliphatic rings. The van der Waals surface area contributed by atoms with Crippen molar-refractivity contribution in [2.24, 2.45) is 0 Å². The van der Waals surface area contributed by atoms with E-state index in [1.54, 1.807) is 7.11 Å². The van der Waals surface area contributed by atoms with Crippen molar-refractivity contribution in [2.45, 2.75) is 6.42 Å². The van der Waals surface area contributed by atoms with Crippen molar-refractivity contribution >= 4 is 37.5 Å². The maximum absolute atomic E-state index is 5.35. The molecule has 2 rings (SSSR count). The Balaban J connectivity index is 2.29. The Morgan fingerprint density at radius 3 is 2.76 bits per heavy atom. The smallest absolute Gasteiger partial charge is 0.135 e. The van der Waals surface area contributed by atoms with Gasteiger partial charge in [-0.05, 0) is 50.9 Å². The van der Waals surface area contributed by atoms with Gasteiger partial charge in [0.2, 0.25) is 0 Å². The number of hydrogen-bond acceptors (Lipinski definition) is 3. The Morgan fingerprint density at radius 1 is 1.18 bits per heavy atom. The zero-order chi connectivity index (χ0) is 12.3. The Bertz CT molecular complexity index is 390. The molecule has 1 aromatic carbocycles. The molecule has 17 heavy (non-hydrogen) atoms. The van der Waals surface area contributed by atoms with Crippen molar-refractivity contribution < 1.29 is 4.74 Å². The molecule has 0 unspecified atom stereocenters. The van der Waals surface area contributed by atoms with Crippen LogP contribution in [0.5, 0.6) is 5.75 Å². The number of hydrogen-bond donors (Lipinski definition) is 1. The lowest BCUT2D eigenvalue weighted by Crippen LogP contribution is -2.28. The maximum Gasteiger partial charge on any atom is 0.135 e. The van der Waals surface area contributed by atoms with Crippen molar-refractivity contribution in [3.63, 3.8) is 0 Å². The van der Waals surface area contributed by atoms with E-state index in [4.69, 9.17) is 4.74 Å². The predicted molar refractivity (Wildman–Crippen MR) is 78.1 cm³/mol. The molecule has 0 radical (unpaired) electrons. The fourth-order valence-electron chi connectivity index (χ4n) is 2.00. The van der Waals surface area contributed by atoms with Crippen LogP contribution in [0.2, 0.25) is 0 Å². The third-order valence-electron chi connectivity index (χ3n) is 2.90. The van der Waals surface area contributed by atoms with E-state index in [2.05, 4.69) is 48.1 Å². The van der Waals surface area contributed by atoms with Crippen LogP contribution in [0.1, 0.15) is 6.42 Å². The fourth-order valence-corrected chi connectivity index (χ4v) is 3.41. The molecule has 3 nitrogen and oxygen atoms in total. The van der Waals surface area contributed by atoms with Gasteiger partial charge in [0, 0.05) is 30.2 Å². The number of rotatable bonds is 2. The molecule has 0 amide bonds. The van der Waals surface area contributed by atoms with E-state index in [1.807, 2.05) is 6.07 Å². The number of nitrogens with one attached hydrogen (secondary N) is 1. The number of halogens is 2. The predicted octanol–water partition coefficient (Wildman–Crippen LogP) is 3.02. The Labute approximate surface area is 119 Å². The van der Waals surface area contributed by atoms with Crippen LogP contribution in [-0.2, 0) is 0 Å². The highest BCUT2D eigenvalue weighted by Crippen LogP contribution is 2.36. The SMILES string of the molecule is COc1cc(N2CCCNCC2)c(Br)cc1Br. The molecule has 0 aromatic heterocycles. The second-order valence-corrected chi connectivity index (χ2v) is 5.74. The van der Waals surface area contributed by atoms with E-state index in [0.717, 1.165) is 40.9 Å². The second kappa shape index (κ2) is 6.07. The van der Waals surface area contributed by atoms with Crippen LogP contribution < -0.4 is 15.0 Å². The zero-order valence-electron chi connectivity index (χ0n) is 9.80. The van der Waals surface area contributed by atoms with Gasteiger partial charge in [-0.2, -0.15) is 0 Å². The second-order valence-electron chi connectivity index (χ2n) is 4.03. The van der Waals surface area contributed by atoms with E-state index in [9.17, 15) is 0 Å². The van der Waals surface area contributed by atoms with Crippen LogP contribution in [0, 0.1) is 0 Å². The van der Waals surface area contributed by atoms with E-state index < -0.39 is 0 Å². The van der Waals surface area contributed by atoms with Gasteiger partial charge >= 0.3 is 0 Å². The fraction of sp³-hybridized carbons (Fsp3) is 0.500. The molecule has 1 aromatic rings. The molecule has 0 saturated carbocycles. The number of anilines is 1. The molecule has 1 fully saturated rings. The Morgan fingerprint density at radius 2 is 2.00 bits per heavy atom. The van der Waals surface area contributed by atoms with Crippen molar-refractivity contribution in [1.82, 2.24) is 5.32 Å². The first-order valence-corrected chi connectivity index (χ1v) is 7.29. The van der Waals surface area contributed by atoms with Crippen LogP contribution >= 0.6 is 31.9 Å². The molecular formula is C12H16Br2N2O. The molecule has 0 bridgehead atoms. The molecule has 5 heteroatoms. The Hall–Kier alpha value is -0.260. The highest BCUT2D eigenvalue weighted by Gasteiger charge is 2.15. The van der Waals surface area contributed by atoms with Gasteiger partial charge in [-0.15, -0.1) is 0 Å². The first-order valence-electron chi connectivity index (χ1n) is 5.71. The lowest BCUT2D eigenvalue weighted by Gasteiger charge is -2.24. The quantitative estimate of drug-likeness (QED) is 0.874. The molecule has 0 aliphatic carbocycles. The minimum absolute atomic E-state index is 0.875. The Kier molecular flexibility index (Phi) is 4.70. The molecule has 1 aliphatic heterocycles. The number of benzene rings is 1. The largest absolute Gasteiger partial charge is 0.495 e. The van der Waals surface area contributed by atoms with Crippen molar-refractivity contribution in [3.05, 3.63) is 21.1 Å². The van der Waals surface area contributed by atoms with Gasteiger partial charge in [0.25, 0.3) is 0 Å². The van der Waals surface area contributed by atoms with Gasteiger partial charge in [-0.3, -0.25) is 0 Å². The number of nitrogens with zero attached hydrogens (tertiary/aromatic N) is 1. The minimum atomic E-state index is 0.875. The summed E-state index contributed by atoms with van der Waals surface area (Å²) in [4.78, 5) is 2.39. The number of methoxy groups -OCH3 is 1. The monoisotopic (exact) mass is 362 g/mol. The van der Waals surface area contributed by atoms with E-state index in [0.29, 0.717) is 0 Å². The summed E-state index contributed by atoms with van der Waals surface area (Å²) >= 11 is 7.12. The van der Waals surface area contributed by atoms with Crippen LogP contribution in [0.25, 0.3) is 0 Å². The van der Waals surface area contributed by atoms with Gasteiger partial charge in [-0.25, -0.2) is 0 Å². The van der Waals surface area contributed by atoms with E-state index >= 15 is 0 Å². The van der Waals surface area contributed by atoms with Crippen LogP contribution in [-0.4, -0.2) is 33.3 Å². The lowest BCUT2D eigenvalue weighted by atomic mass is 10.2. The third-order valence-corrected chi connectivity index (χ3v) is 4.16. The highest BCUT2D eigenvalue weighted by molar-refractivity contribution is 9.11. The van der Waals surface area contributed by atoms with Gasteiger partial charge in [0.1, 0.15) is 5.75 Å². The minimum Gasteiger partial charge on any atom is -0.495 e. The van der Waals surface area contributed by atoms with Gasteiger partial charge in [0.15, 0.2) is 0 Å². The summed E-state index contributed by atoms with van der Waals surface area (Å²) < 4.78 is 7.43. The third kappa shape index (κ3) is 3.14. The standard InChI is InChI=1S/C12H16Br2N2O/c1-17-12-8-11(9(13)7-10(12)14)16-5-2-3-15-4-6-16/h7-8,15H,2-6H2,1H3. The normalized spacial score (nSPS) is 16.8. The lowest BCUT2D eigenvalue weighted by molar-refractivity contribution is 0.412. The molecule has 94 valence electrons. The molecule has 0 spiro atoms. The van der Waals surface area contributed by atoms with Crippen LogP contribution in [0.15, 0.2) is 21.1 Å².